The van der Waals surface area contributed by atoms with Crippen molar-refractivity contribution in [2.24, 2.45) is 5.92 Å². The van der Waals surface area contributed by atoms with Crippen LogP contribution in [0.2, 0.25) is 0 Å². The lowest BCUT2D eigenvalue weighted by atomic mass is 9.97. The summed E-state index contributed by atoms with van der Waals surface area (Å²) in [7, 11) is -3.24. The van der Waals surface area contributed by atoms with Gasteiger partial charge < -0.3 is 10.2 Å². The first-order valence-electron chi connectivity index (χ1n) is 9.95. The van der Waals surface area contributed by atoms with Gasteiger partial charge in [-0.15, -0.1) is 0 Å². The largest absolute Gasteiger partial charge is 0.372 e. The van der Waals surface area contributed by atoms with Crippen LogP contribution in [-0.2, 0) is 14.8 Å². The summed E-state index contributed by atoms with van der Waals surface area (Å²) in [5, 5.41) is 3.06. The van der Waals surface area contributed by atoms with Crippen molar-refractivity contribution in [3.05, 3.63) is 29.8 Å². The van der Waals surface area contributed by atoms with Crippen LogP contribution in [0, 0.1) is 5.92 Å². The number of anilines is 1. The SMILES string of the molecule is CC(NC(=O)C1CCCN(S(C)(=O)=O)C1)c1ccc(N2CCCCC2)cc1. The predicted octanol–water partition coefficient (Wildman–Crippen LogP) is 2.53. The van der Waals surface area contributed by atoms with Gasteiger partial charge in [-0.1, -0.05) is 12.1 Å². The van der Waals surface area contributed by atoms with E-state index in [2.05, 4.69) is 34.5 Å². The van der Waals surface area contributed by atoms with Crippen LogP contribution in [0.3, 0.4) is 0 Å². The van der Waals surface area contributed by atoms with E-state index in [1.807, 2.05) is 6.92 Å². The minimum absolute atomic E-state index is 0.0593. The fraction of sp³-hybridized carbons (Fsp3) is 0.650. The van der Waals surface area contributed by atoms with Crippen molar-refractivity contribution in [3.8, 4) is 0 Å². The van der Waals surface area contributed by atoms with Crippen molar-refractivity contribution >= 4 is 21.6 Å². The Morgan fingerprint density at radius 3 is 2.37 bits per heavy atom. The number of hydrogen-bond donors (Lipinski definition) is 1. The quantitative estimate of drug-likeness (QED) is 0.835. The maximum Gasteiger partial charge on any atom is 0.224 e. The van der Waals surface area contributed by atoms with E-state index in [0.29, 0.717) is 6.54 Å². The van der Waals surface area contributed by atoms with Crippen LogP contribution in [0.1, 0.15) is 50.6 Å². The maximum atomic E-state index is 12.6. The predicted molar refractivity (Wildman–Crippen MR) is 108 cm³/mol. The molecule has 2 aliphatic heterocycles. The third kappa shape index (κ3) is 5.23. The first kappa shape index (κ1) is 20.1. The Labute approximate surface area is 163 Å². The molecule has 1 aromatic carbocycles. The summed E-state index contributed by atoms with van der Waals surface area (Å²) in [4.78, 5) is 15.0. The van der Waals surface area contributed by atoms with E-state index in [9.17, 15) is 13.2 Å². The highest BCUT2D eigenvalue weighted by molar-refractivity contribution is 7.88. The van der Waals surface area contributed by atoms with Gasteiger partial charge in [-0.3, -0.25) is 4.79 Å². The maximum absolute atomic E-state index is 12.6. The Balaban J connectivity index is 1.57. The van der Waals surface area contributed by atoms with Crippen molar-refractivity contribution in [2.75, 3.05) is 37.3 Å². The average Bonchev–Trinajstić information content (AvgIpc) is 2.68. The van der Waals surface area contributed by atoms with Crippen molar-refractivity contribution < 1.29 is 13.2 Å². The molecule has 2 saturated heterocycles. The Morgan fingerprint density at radius 1 is 1.07 bits per heavy atom. The second kappa shape index (κ2) is 8.61. The van der Waals surface area contributed by atoms with Gasteiger partial charge in [0.15, 0.2) is 0 Å². The van der Waals surface area contributed by atoms with E-state index < -0.39 is 10.0 Å². The van der Waals surface area contributed by atoms with Crippen LogP contribution in [0.4, 0.5) is 5.69 Å². The summed E-state index contributed by atoms with van der Waals surface area (Å²) >= 11 is 0. The summed E-state index contributed by atoms with van der Waals surface area (Å²) in [6.45, 7) is 5.00. The Morgan fingerprint density at radius 2 is 1.74 bits per heavy atom. The molecule has 27 heavy (non-hydrogen) atoms. The fourth-order valence-corrected chi connectivity index (χ4v) is 4.91. The molecule has 0 aliphatic carbocycles. The highest BCUT2D eigenvalue weighted by Gasteiger charge is 2.30. The summed E-state index contributed by atoms with van der Waals surface area (Å²) in [5.41, 5.74) is 2.31. The van der Waals surface area contributed by atoms with Gasteiger partial charge in [0.05, 0.1) is 18.2 Å². The number of rotatable bonds is 5. The second-order valence-electron chi connectivity index (χ2n) is 7.83. The zero-order chi connectivity index (χ0) is 19.4. The standard InChI is InChI=1S/C20H31N3O3S/c1-16(17-8-10-19(11-9-17)22-12-4-3-5-13-22)21-20(24)18-7-6-14-23(15-18)27(2,25)26/h8-11,16,18H,3-7,12-15H2,1-2H3,(H,21,24). The zero-order valence-corrected chi connectivity index (χ0v) is 17.2. The summed E-state index contributed by atoms with van der Waals surface area (Å²) in [6.07, 6.45) is 6.48. The molecular formula is C20H31N3O3S. The molecule has 6 nitrogen and oxygen atoms in total. The van der Waals surface area contributed by atoms with Crippen molar-refractivity contribution in [1.29, 1.82) is 0 Å². The van der Waals surface area contributed by atoms with Gasteiger partial charge in [-0.25, -0.2) is 12.7 Å². The van der Waals surface area contributed by atoms with Gasteiger partial charge in [0.2, 0.25) is 15.9 Å². The molecule has 1 aromatic rings. The number of hydrogen-bond acceptors (Lipinski definition) is 4. The summed E-state index contributed by atoms with van der Waals surface area (Å²) in [6, 6.07) is 8.34. The molecule has 2 aliphatic rings. The number of amides is 1. The highest BCUT2D eigenvalue weighted by Crippen LogP contribution is 2.24. The normalized spacial score (nSPS) is 23.0. The van der Waals surface area contributed by atoms with Crippen LogP contribution in [0.5, 0.6) is 0 Å². The highest BCUT2D eigenvalue weighted by atomic mass is 32.2. The molecule has 1 amide bonds. The average molecular weight is 394 g/mol. The fourth-order valence-electron chi connectivity index (χ4n) is 4.00. The minimum Gasteiger partial charge on any atom is -0.372 e. The molecule has 2 unspecified atom stereocenters. The molecule has 150 valence electrons. The third-order valence-corrected chi connectivity index (χ3v) is 6.97. The molecule has 2 fully saturated rings. The summed E-state index contributed by atoms with van der Waals surface area (Å²) < 4.78 is 24.9. The van der Waals surface area contributed by atoms with Crippen LogP contribution in [0.15, 0.2) is 24.3 Å². The van der Waals surface area contributed by atoms with Crippen LogP contribution in [0.25, 0.3) is 0 Å². The van der Waals surface area contributed by atoms with Crippen LogP contribution >= 0.6 is 0 Å². The lowest BCUT2D eigenvalue weighted by molar-refractivity contribution is -0.126. The Kier molecular flexibility index (Phi) is 6.42. The van der Waals surface area contributed by atoms with Gasteiger partial charge in [-0.2, -0.15) is 0 Å². The van der Waals surface area contributed by atoms with Gasteiger partial charge in [0.25, 0.3) is 0 Å². The van der Waals surface area contributed by atoms with E-state index in [0.717, 1.165) is 31.5 Å². The third-order valence-electron chi connectivity index (χ3n) is 5.70. The van der Waals surface area contributed by atoms with Crippen molar-refractivity contribution in [3.63, 3.8) is 0 Å². The molecule has 2 atom stereocenters. The zero-order valence-electron chi connectivity index (χ0n) is 16.4. The molecule has 0 bridgehead atoms. The number of piperidine rings is 2. The van der Waals surface area contributed by atoms with Gasteiger partial charge in [0, 0.05) is 31.9 Å². The smallest absolute Gasteiger partial charge is 0.224 e. The van der Waals surface area contributed by atoms with Crippen LogP contribution in [-0.4, -0.2) is 51.1 Å². The number of carbonyl (C=O) groups is 1. The van der Waals surface area contributed by atoms with Gasteiger partial charge in [-0.05, 0) is 56.7 Å². The number of sulfonamides is 1. The molecular weight excluding hydrogens is 362 g/mol. The number of benzene rings is 1. The van der Waals surface area contributed by atoms with E-state index in [1.165, 1.54) is 35.5 Å². The monoisotopic (exact) mass is 393 g/mol. The molecule has 7 heteroatoms. The molecule has 1 N–H and O–H groups in total. The lowest BCUT2D eigenvalue weighted by Crippen LogP contribution is -2.45. The van der Waals surface area contributed by atoms with Crippen LogP contribution < -0.4 is 10.2 Å². The van der Waals surface area contributed by atoms with Gasteiger partial charge >= 0.3 is 0 Å². The van der Waals surface area contributed by atoms with E-state index in [1.54, 1.807) is 0 Å². The number of nitrogens with zero attached hydrogens (tertiary/aromatic N) is 2. The minimum atomic E-state index is -3.24. The molecule has 3 rings (SSSR count). The number of carbonyl (C=O) groups excluding carboxylic acids is 1. The van der Waals surface area contributed by atoms with E-state index >= 15 is 0 Å². The lowest BCUT2D eigenvalue weighted by Gasteiger charge is -2.31. The molecule has 0 saturated carbocycles. The molecule has 0 radical (unpaired) electrons. The molecule has 0 spiro atoms. The second-order valence-corrected chi connectivity index (χ2v) is 9.81. The van der Waals surface area contributed by atoms with Gasteiger partial charge in [0.1, 0.15) is 0 Å². The topological polar surface area (TPSA) is 69.7 Å². The summed E-state index contributed by atoms with van der Waals surface area (Å²) in [5.74, 6) is -0.334. The first-order valence-corrected chi connectivity index (χ1v) is 11.8. The first-order chi connectivity index (χ1) is 12.8. The Bertz CT molecular complexity index is 742. The van der Waals surface area contributed by atoms with Crippen molar-refractivity contribution in [2.45, 2.75) is 45.1 Å². The van der Waals surface area contributed by atoms with E-state index in [-0.39, 0.29) is 24.4 Å². The Hall–Kier alpha value is -1.60. The van der Waals surface area contributed by atoms with Crippen molar-refractivity contribution in [1.82, 2.24) is 9.62 Å². The molecule has 2 heterocycles. The van der Waals surface area contributed by atoms with E-state index in [4.69, 9.17) is 0 Å². The molecule has 0 aromatic heterocycles. The number of nitrogens with one attached hydrogen (secondary N) is 1.